The van der Waals surface area contributed by atoms with Crippen LogP contribution in [0.3, 0.4) is 0 Å². The lowest BCUT2D eigenvalue weighted by atomic mass is 9.71. The molecule has 1 atom stereocenters. The van der Waals surface area contributed by atoms with Crippen LogP contribution in [0.25, 0.3) is 0 Å². The molecule has 1 unspecified atom stereocenters. The Balaban J connectivity index is 1.19. The van der Waals surface area contributed by atoms with Gasteiger partial charge in [0.25, 0.3) is 0 Å². The summed E-state index contributed by atoms with van der Waals surface area (Å²) < 4.78 is 5.44. The molecular weight excluding hydrogens is 416 g/mol. The van der Waals surface area contributed by atoms with Gasteiger partial charge in [0, 0.05) is 48.3 Å². The van der Waals surface area contributed by atoms with Crippen LogP contribution in [-0.4, -0.2) is 54.8 Å². The second-order valence-electron chi connectivity index (χ2n) is 8.65. The van der Waals surface area contributed by atoms with Crippen molar-refractivity contribution < 1.29 is 9.53 Å². The van der Waals surface area contributed by atoms with E-state index in [4.69, 9.17) is 21.3 Å². The quantitative estimate of drug-likeness (QED) is 0.523. The van der Waals surface area contributed by atoms with Crippen LogP contribution in [0.5, 0.6) is 0 Å². The first-order valence-electron chi connectivity index (χ1n) is 11.1. The molecule has 3 heterocycles. The maximum absolute atomic E-state index is 13.0. The number of carbonyl (C=O) groups excluding carboxylic acids is 1. The maximum atomic E-state index is 13.0. The monoisotopic (exact) mass is 444 g/mol. The highest BCUT2D eigenvalue weighted by Crippen LogP contribution is 2.48. The van der Waals surface area contributed by atoms with Crippen molar-refractivity contribution in [1.29, 1.82) is 0 Å². The first kappa shape index (κ1) is 20.8. The number of amides is 2. The Hall–Kier alpha value is -2.13. The number of hydrogen-bond acceptors (Lipinski definition) is 6. The van der Waals surface area contributed by atoms with Gasteiger partial charge in [0.15, 0.2) is 6.29 Å². The topological polar surface area (TPSA) is 90.0 Å². The normalized spacial score (nSPS) is 24.7. The number of nitrogens with zero attached hydrogens (tertiary/aromatic N) is 2. The fourth-order valence-electron chi connectivity index (χ4n) is 4.87. The van der Waals surface area contributed by atoms with Crippen LogP contribution in [0.4, 0.5) is 4.79 Å². The Labute approximate surface area is 187 Å². The number of halogens is 1. The van der Waals surface area contributed by atoms with Crippen molar-refractivity contribution in [2.75, 3.05) is 19.8 Å². The molecule has 1 aromatic carbocycles. The van der Waals surface area contributed by atoms with Gasteiger partial charge in [0.1, 0.15) is 0 Å². The van der Waals surface area contributed by atoms with E-state index in [2.05, 4.69) is 21.5 Å². The first-order valence-corrected chi connectivity index (χ1v) is 11.4. The molecule has 3 aliphatic heterocycles. The third-order valence-electron chi connectivity index (χ3n) is 6.76. The molecule has 166 valence electrons. The molecule has 1 saturated heterocycles. The average Bonchev–Trinajstić information content (AvgIpc) is 3.11. The fraction of sp³-hybridized carbons (Fsp3) is 0.545. The van der Waals surface area contributed by atoms with Crippen LogP contribution in [0.1, 0.15) is 37.7 Å². The third-order valence-corrected chi connectivity index (χ3v) is 7.02. The van der Waals surface area contributed by atoms with Crippen LogP contribution in [0.15, 0.2) is 40.5 Å². The molecule has 0 bridgehead atoms. The lowest BCUT2D eigenvalue weighted by Crippen LogP contribution is -2.59. The number of rotatable bonds is 5. The molecule has 4 N–H and O–H groups in total. The molecular formula is C22H29ClN6O2. The largest absolute Gasteiger partial charge is 0.381 e. The molecule has 31 heavy (non-hydrogen) atoms. The summed E-state index contributed by atoms with van der Waals surface area (Å²) in [6, 6.07) is 7.87. The molecule has 2 amide bonds. The van der Waals surface area contributed by atoms with E-state index >= 15 is 0 Å². The summed E-state index contributed by atoms with van der Waals surface area (Å²) in [6.07, 6.45) is 6.90. The Morgan fingerprint density at radius 1 is 1.26 bits per heavy atom. The minimum atomic E-state index is -0.235. The zero-order chi connectivity index (χ0) is 21.3. The van der Waals surface area contributed by atoms with Gasteiger partial charge in [0.05, 0.1) is 12.1 Å². The van der Waals surface area contributed by atoms with Gasteiger partial charge in [-0.3, -0.25) is 15.7 Å². The number of ether oxygens (including phenoxy) is 1. The Morgan fingerprint density at radius 2 is 2.03 bits per heavy atom. The number of carbonyl (C=O) groups is 1. The third kappa shape index (κ3) is 4.17. The van der Waals surface area contributed by atoms with Crippen LogP contribution in [0, 0.1) is 0 Å². The summed E-state index contributed by atoms with van der Waals surface area (Å²) in [5.74, 6) is 0. The Kier molecular flexibility index (Phi) is 5.88. The average molecular weight is 445 g/mol. The number of fused-ring (bicyclic) bond motifs is 1. The van der Waals surface area contributed by atoms with Gasteiger partial charge >= 0.3 is 6.03 Å². The molecule has 1 saturated carbocycles. The molecule has 0 radical (unpaired) electrons. The molecule has 9 heteroatoms. The number of urea groups is 1. The van der Waals surface area contributed by atoms with Crippen molar-refractivity contribution in [3.63, 3.8) is 0 Å². The summed E-state index contributed by atoms with van der Waals surface area (Å²) >= 11 is 5.93. The Morgan fingerprint density at radius 3 is 2.74 bits per heavy atom. The van der Waals surface area contributed by atoms with E-state index in [0.717, 1.165) is 62.2 Å². The first-order chi connectivity index (χ1) is 15.1. The van der Waals surface area contributed by atoms with Crippen molar-refractivity contribution in [3.8, 4) is 0 Å². The fourth-order valence-corrected chi connectivity index (χ4v) is 5.00. The summed E-state index contributed by atoms with van der Waals surface area (Å²) in [4.78, 5) is 19.7. The number of hydrazine groups is 1. The van der Waals surface area contributed by atoms with Crippen molar-refractivity contribution in [2.45, 2.75) is 56.5 Å². The van der Waals surface area contributed by atoms with Crippen LogP contribution in [-0.2, 0) is 11.3 Å². The number of benzene rings is 1. The van der Waals surface area contributed by atoms with Crippen molar-refractivity contribution in [1.82, 2.24) is 26.4 Å². The minimum Gasteiger partial charge on any atom is -0.381 e. The van der Waals surface area contributed by atoms with Gasteiger partial charge < -0.3 is 15.0 Å². The summed E-state index contributed by atoms with van der Waals surface area (Å²) in [6.45, 7) is 2.69. The van der Waals surface area contributed by atoms with E-state index < -0.39 is 0 Å². The van der Waals surface area contributed by atoms with Gasteiger partial charge in [0.2, 0.25) is 0 Å². The predicted octanol–water partition coefficient (Wildman–Crippen LogP) is 2.27. The standard InChI is InChI=1S/C22H29ClN6O2/c23-16-4-2-15(3-5-16)12-25-28-21(30)29-14-19-18(22(29)8-1-9-22)13-24-20(27-19)26-17-6-10-31-11-7-17/h2-5,13,17,20,25-27H,1,6-12,14H2,(H,28,30). The molecule has 1 spiro atoms. The lowest BCUT2D eigenvalue weighted by Gasteiger charge is -2.46. The summed E-state index contributed by atoms with van der Waals surface area (Å²) in [5, 5.41) is 7.80. The highest BCUT2D eigenvalue weighted by atomic mass is 35.5. The molecule has 0 aromatic heterocycles. The minimum absolute atomic E-state index is 0.104. The lowest BCUT2D eigenvalue weighted by molar-refractivity contribution is 0.0741. The molecule has 5 rings (SSSR count). The van der Waals surface area contributed by atoms with E-state index in [9.17, 15) is 4.79 Å². The molecule has 8 nitrogen and oxygen atoms in total. The summed E-state index contributed by atoms with van der Waals surface area (Å²) in [7, 11) is 0. The van der Waals surface area contributed by atoms with Crippen molar-refractivity contribution in [3.05, 3.63) is 46.1 Å². The Bertz CT molecular complexity index is 876. The van der Waals surface area contributed by atoms with Crippen LogP contribution < -0.4 is 21.5 Å². The number of nitrogens with one attached hydrogen (secondary N) is 4. The highest BCUT2D eigenvalue weighted by Gasteiger charge is 2.53. The van der Waals surface area contributed by atoms with E-state index in [1.807, 2.05) is 35.4 Å². The maximum Gasteiger partial charge on any atom is 0.332 e. The van der Waals surface area contributed by atoms with Crippen molar-refractivity contribution in [2.24, 2.45) is 4.99 Å². The van der Waals surface area contributed by atoms with Gasteiger partial charge in [-0.1, -0.05) is 23.7 Å². The molecule has 1 aromatic rings. The van der Waals surface area contributed by atoms with E-state index in [0.29, 0.717) is 24.2 Å². The van der Waals surface area contributed by atoms with E-state index in [1.165, 1.54) is 0 Å². The van der Waals surface area contributed by atoms with E-state index in [-0.39, 0.29) is 17.9 Å². The van der Waals surface area contributed by atoms with Crippen molar-refractivity contribution >= 4 is 23.8 Å². The van der Waals surface area contributed by atoms with Gasteiger partial charge in [-0.25, -0.2) is 10.2 Å². The predicted molar refractivity (Wildman–Crippen MR) is 120 cm³/mol. The molecule has 1 aliphatic carbocycles. The van der Waals surface area contributed by atoms with Crippen LogP contribution >= 0.6 is 11.6 Å². The smallest absolute Gasteiger partial charge is 0.332 e. The van der Waals surface area contributed by atoms with Gasteiger partial charge in [-0.2, -0.15) is 0 Å². The SMILES string of the molecule is O=C(NNCc1ccc(Cl)cc1)N1CC2=C(C=NC(NC3CCOCC3)N2)C12CCC2. The van der Waals surface area contributed by atoms with Gasteiger partial charge in [-0.05, 0) is 49.8 Å². The molecule has 4 aliphatic rings. The molecule has 2 fully saturated rings. The zero-order valence-electron chi connectivity index (χ0n) is 17.5. The number of hydrogen-bond donors (Lipinski definition) is 4. The van der Waals surface area contributed by atoms with Gasteiger partial charge in [-0.15, -0.1) is 0 Å². The van der Waals surface area contributed by atoms with E-state index in [1.54, 1.807) is 0 Å². The second kappa shape index (κ2) is 8.78. The summed E-state index contributed by atoms with van der Waals surface area (Å²) in [5.41, 5.74) is 9.01. The van der Waals surface area contributed by atoms with Crippen LogP contribution in [0.2, 0.25) is 5.02 Å². The highest BCUT2D eigenvalue weighted by molar-refractivity contribution is 6.30. The number of aliphatic imine (C=N–C) groups is 1. The zero-order valence-corrected chi connectivity index (χ0v) is 18.3. The second-order valence-corrected chi connectivity index (χ2v) is 9.09.